The predicted molar refractivity (Wildman–Crippen MR) is 75.9 cm³/mol. The Morgan fingerprint density at radius 1 is 0.560 bits per heavy atom. The maximum Gasteiger partial charge on any atom is 0.322 e. The fourth-order valence-electron chi connectivity index (χ4n) is 2.39. The topological polar surface area (TPSA) is 224 Å². The number of hydrogen-bond acceptors (Lipinski definition) is 6. The average molecular weight is 366 g/mol. The van der Waals surface area contributed by atoms with Crippen LogP contribution in [0.4, 0.5) is 0 Å². The highest BCUT2D eigenvalue weighted by Gasteiger charge is 2.73. The molecule has 12 nitrogen and oxygen atoms in total. The van der Waals surface area contributed by atoms with Gasteiger partial charge in [0.2, 0.25) is 0 Å². The number of carboxylic acids is 6. The van der Waals surface area contributed by atoms with E-state index in [0.717, 1.165) is 13.8 Å². The molecule has 142 valence electrons. The Morgan fingerprint density at radius 2 is 0.720 bits per heavy atom. The van der Waals surface area contributed by atoms with E-state index in [4.69, 9.17) is 40.2 Å². The molecule has 25 heavy (non-hydrogen) atoms. The summed E-state index contributed by atoms with van der Waals surface area (Å²) in [6.07, 6.45) is -1.12. The molecular formula is C13H18O12. The van der Waals surface area contributed by atoms with E-state index in [-0.39, 0.29) is 6.42 Å². The van der Waals surface area contributed by atoms with Gasteiger partial charge in [-0.05, 0) is 19.3 Å². The number of rotatable bonds is 4. The van der Waals surface area contributed by atoms with Crippen LogP contribution in [-0.4, -0.2) is 66.5 Å². The standard InChI is InChI=1S/C9H10O8.2C2H4O2/c10-4(11)8(5(12)13)2-1-3-9(8,6(14)15)7(16)17;2*1-2(3)4/h1-3H2,(H,10,11)(H,12,13)(H,14,15)(H,16,17);2*1H3,(H,3,4). The number of aliphatic carboxylic acids is 6. The SMILES string of the molecule is CC(=O)O.CC(=O)O.O=C(O)C1(C(=O)O)CCCC1(C(=O)O)C(=O)O. The second-order valence-electron chi connectivity index (χ2n) is 4.92. The minimum Gasteiger partial charge on any atom is -0.481 e. The molecule has 1 aliphatic rings. The maximum atomic E-state index is 11.1. The average Bonchev–Trinajstić information content (AvgIpc) is 2.79. The summed E-state index contributed by atoms with van der Waals surface area (Å²) in [5.41, 5.74) is -5.63. The lowest BCUT2D eigenvalue weighted by molar-refractivity contribution is -0.191. The first-order valence-corrected chi connectivity index (χ1v) is 6.52. The van der Waals surface area contributed by atoms with Gasteiger partial charge in [-0.1, -0.05) is 0 Å². The van der Waals surface area contributed by atoms with Crippen LogP contribution in [0.2, 0.25) is 0 Å². The van der Waals surface area contributed by atoms with Crippen molar-refractivity contribution in [3.63, 3.8) is 0 Å². The predicted octanol–water partition coefficient (Wildman–Crippen LogP) is -0.337. The zero-order valence-electron chi connectivity index (χ0n) is 13.3. The van der Waals surface area contributed by atoms with Crippen molar-refractivity contribution in [3.8, 4) is 0 Å². The molecule has 0 aromatic carbocycles. The van der Waals surface area contributed by atoms with Gasteiger partial charge in [0.15, 0.2) is 10.8 Å². The Balaban J connectivity index is 0. The van der Waals surface area contributed by atoms with E-state index in [1.54, 1.807) is 0 Å². The Morgan fingerprint density at radius 3 is 0.840 bits per heavy atom. The van der Waals surface area contributed by atoms with Crippen LogP contribution in [0, 0.1) is 10.8 Å². The third-order valence-electron chi connectivity index (χ3n) is 3.29. The summed E-state index contributed by atoms with van der Waals surface area (Å²) < 4.78 is 0. The molecule has 0 unspecified atom stereocenters. The number of hydrogen-bond donors (Lipinski definition) is 6. The van der Waals surface area contributed by atoms with Crippen molar-refractivity contribution < 1.29 is 59.4 Å². The van der Waals surface area contributed by atoms with Crippen LogP contribution in [0.5, 0.6) is 0 Å². The van der Waals surface area contributed by atoms with Crippen LogP contribution in [0.15, 0.2) is 0 Å². The zero-order chi connectivity index (χ0) is 20.6. The van der Waals surface area contributed by atoms with Crippen molar-refractivity contribution in [2.75, 3.05) is 0 Å². The van der Waals surface area contributed by atoms with Crippen molar-refractivity contribution >= 4 is 35.8 Å². The Labute approximate surface area is 140 Å². The van der Waals surface area contributed by atoms with Crippen molar-refractivity contribution in [1.29, 1.82) is 0 Å². The highest BCUT2D eigenvalue weighted by molar-refractivity contribution is 6.13. The van der Waals surface area contributed by atoms with Gasteiger partial charge in [-0.25, -0.2) is 0 Å². The second-order valence-corrected chi connectivity index (χ2v) is 4.92. The van der Waals surface area contributed by atoms with E-state index >= 15 is 0 Å². The summed E-state index contributed by atoms with van der Waals surface area (Å²) in [7, 11) is 0. The Kier molecular flexibility index (Phi) is 8.86. The van der Waals surface area contributed by atoms with E-state index in [2.05, 4.69) is 0 Å². The van der Waals surface area contributed by atoms with E-state index in [9.17, 15) is 19.2 Å². The molecule has 1 fully saturated rings. The van der Waals surface area contributed by atoms with Gasteiger partial charge < -0.3 is 30.6 Å². The third-order valence-corrected chi connectivity index (χ3v) is 3.29. The van der Waals surface area contributed by atoms with Crippen LogP contribution >= 0.6 is 0 Å². The maximum absolute atomic E-state index is 11.1. The van der Waals surface area contributed by atoms with Gasteiger partial charge in [0.25, 0.3) is 11.9 Å². The van der Waals surface area contributed by atoms with Crippen LogP contribution in [-0.2, 0) is 28.8 Å². The molecule has 1 saturated carbocycles. The molecule has 0 aliphatic heterocycles. The van der Waals surface area contributed by atoms with Gasteiger partial charge in [-0.15, -0.1) is 0 Å². The molecule has 6 N–H and O–H groups in total. The Bertz CT molecular complexity index is 490. The van der Waals surface area contributed by atoms with Crippen molar-refractivity contribution in [2.24, 2.45) is 10.8 Å². The zero-order valence-corrected chi connectivity index (χ0v) is 13.3. The summed E-state index contributed by atoms with van der Waals surface area (Å²) in [5, 5.41) is 50.7. The largest absolute Gasteiger partial charge is 0.481 e. The van der Waals surface area contributed by atoms with Gasteiger partial charge in [0, 0.05) is 13.8 Å². The first-order valence-electron chi connectivity index (χ1n) is 6.52. The summed E-state index contributed by atoms with van der Waals surface area (Å²) in [4.78, 5) is 62.3. The normalized spacial score (nSPS) is 16.1. The van der Waals surface area contributed by atoms with Gasteiger partial charge >= 0.3 is 23.9 Å². The van der Waals surface area contributed by atoms with Crippen molar-refractivity contribution in [2.45, 2.75) is 33.1 Å². The molecule has 0 amide bonds. The molecule has 0 bridgehead atoms. The molecule has 0 heterocycles. The van der Waals surface area contributed by atoms with Gasteiger partial charge in [-0.2, -0.15) is 0 Å². The Hall–Kier alpha value is -3.18. The number of carboxylic acid groups (broad SMARTS) is 6. The molecule has 0 spiro atoms. The van der Waals surface area contributed by atoms with E-state index in [1.807, 2.05) is 0 Å². The fraction of sp³-hybridized carbons (Fsp3) is 0.538. The minimum absolute atomic E-state index is 0.0861. The van der Waals surface area contributed by atoms with Gasteiger partial charge in [0.05, 0.1) is 0 Å². The van der Waals surface area contributed by atoms with Crippen LogP contribution in [0.1, 0.15) is 33.1 Å². The van der Waals surface area contributed by atoms with E-state index in [1.165, 1.54) is 0 Å². The van der Waals surface area contributed by atoms with Gasteiger partial charge in [-0.3, -0.25) is 28.8 Å². The summed E-state index contributed by atoms with van der Waals surface area (Å²) in [6, 6.07) is 0. The first kappa shape index (κ1) is 24.1. The molecular weight excluding hydrogens is 348 g/mol. The quantitative estimate of drug-likeness (QED) is 0.351. The summed E-state index contributed by atoms with van der Waals surface area (Å²) in [6.45, 7) is 2.17. The molecule has 0 aromatic heterocycles. The molecule has 0 radical (unpaired) electrons. The third kappa shape index (κ3) is 5.16. The van der Waals surface area contributed by atoms with E-state index in [0.29, 0.717) is 0 Å². The molecule has 0 atom stereocenters. The van der Waals surface area contributed by atoms with Crippen LogP contribution in [0.3, 0.4) is 0 Å². The molecule has 0 saturated heterocycles. The van der Waals surface area contributed by atoms with Crippen LogP contribution < -0.4 is 0 Å². The van der Waals surface area contributed by atoms with Crippen LogP contribution in [0.25, 0.3) is 0 Å². The lowest BCUT2D eigenvalue weighted by Gasteiger charge is -2.32. The van der Waals surface area contributed by atoms with Crippen molar-refractivity contribution in [1.82, 2.24) is 0 Å². The second kappa shape index (κ2) is 9.20. The van der Waals surface area contributed by atoms with Gasteiger partial charge in [0.1, 0.15) is 0 Å². The fourth-order valence-corrected chi connectivity index (χ4v) is 2.39. The molecule has 1 aliphatic carbocycles. The smallest absolute Gasteiger partial charge is 0.322 e. The lowest BCUT2D eigenvalue weighted by atomic mass is 9.65. The highest BCUT2D eigenvalue weighted by atomic mass is 16.4. The lowest BCUT2D eigenvalue weighted by Crippen LogP contribution is -2.57. The molecule has 1 rings (SSSR count). The molecule has 0 aromatic rings. The first-order chi connectivity index (χ1) is 11.2. The number of carbonyl (C=O) groups is 6. The highest BCUT2D eigenvalue weighted by Crippen LogP contribution is 2.54. The molecule has 12 heteroatoms. The van der Waals surface area contributed by atoms with Crippen molar-refractivity contribution in [3.05, 3.63) is 0 Å². The summed E-state index contributed by atoms with van der Waals surface area (Å²) in [5.74, 6) is -9.42. The van der Waals surface area contributed by atoms with E-state index < -0.39 is 59.5 Å². The monoisotopic (exact) mass is 366 g/mol. The summed E-state index contributed by atoms with van der Waals surface area (Å²) >= 11 is 0. The minimum atomic E-state index is -2.81.